The maximum atomic E-state index is 13.8. The Morgan fingerprint density at radius 3 is 2.59 bits per heavy atom. The van der Waals surface area contributed by atoms with Crippen LogP contribution in [0.25, 0.3) is 11.1 Å². The molecule has 3 N–H and O–H groups in total. The van der Waals surface area contributed by atoms with Crippen molar-refractivity contribution in [3.63, 3.8) is 0 Å². The summed E-state index contributed by atoms with van der Waals surface area (Å²) in [5.74, 6) is 1.25. The molecule has 1 saturated heterocycles. The van der Waals surface area contributed by atoms with Crippen LogP contribution in [-0.4, -0.2) is 78.9 Å². The third-order valence-electron chi connectivity index (χ3n) is 10.8. The Labute approximate surface area is 263 Å². The Bertz CT molecular complexity index is 1310. The first-order valence-corrected chi connectivity index (χ1v) is 16.5. The van der Waals surface area contributed by atoms with Crippen molar-refractivity contribution < 1.29 is 19.5 Å². The number of carbonyl (C=O) groups is 2. The number of hydrogen-bond donors (Lipinski definition) is 3. The predicted octanol–water partition coefficient (Wildman–Crippen LogP) is 4.72. The van der Waals surface area contributed by atoms with E-state index in [-0.39, 0.29) is 23.8 Å². The first-order valence-electron chi connectivity index (χ1n) is 16.5. The second-order valence-electron chi connectivity index (χ2n) is 14.3. The molecule has 6 rings (SSSR count). The molecule has 0 spiro atoms. The van der Waals surface area contributed by atoms with Gasteiger partial charge in [-0.15, -0.1) is 0 Å². The third kappa shape index (κ3) is 6.89. The average molecular weight is 605 g/mol. The largest absolute Gasteiger partial charge is 0.393 e. The summed E-state index contributed by atoms with van der Waals surface area (Å²) in [4.78, 5) is 35.2. The molecule has 8 heteroatoms. The van der Waals surface area contributed by atoms with Crippen molar-refractivity contribution in [2.75, 3.05) is 33.8 Å². The summed E-state index contributed by atoms with van der Waals surface area (Å²) in [5.41, 5.74) is 3.77. The number of carbonyl (C=O) groups excluding carboxylic acids is 2. The number of nitrogens with one attached hydrogen (secondary N) is 2. The summed E-state index contributed by atoms with van der Waals surface area (Å²) in [6.45, 7) is 11.1. The van der Waals surface area contributed by atoms with Crippen LogP contribution in [0, 0.1) is 29.1 Å². The Morgan fingerprint density at radius 2 is 1.89 bits per heavy atom. The quantitative estimate of drug-likeness (QED) is 0.304. The number of nitrogens with zero attached hydrogens (tertiary/aromatic N) is 2. The van der Waals surface area contributed by atoms with Gasteiger partial charge in [-0.25, -0.2) is 0 Å². The number of fused-ring (bicyclic) bond motifs is 2. The minimum Gasteiger partial charge on any atom is -0.393 e. The number of hydrogen-bond acceptors (Lipinski definition) is 6. The van der Waals surface area contributed by atoms with Gasteiger partial charge in [0, 0.05) is 24.1 Å². The van der Waals surface area contributed by atoms with Gasteiger partial charge in [0.1, 0.15) is 6.04 Å². The van der Waals surface area contributed by atoms with Gasteiger partial charge in [0.2, 0.25) is 5.91 Å². The summed E-state index contributed by atoms with van der Waals surface area (Å²) in [6.07, 6.45) is 3.55. The van der Waals surface area contributed by atoms with Crippen LogP contribution in [0.3, 0.4) is 0 Å². The van der Waals surface area contributed by atoms with Gasteiger partial charge >= 0.3 is 0 Å². The second-order valence-corrected chi connectivity index (χ2v) is 14.3. The van der Waals surface area contributed by atoms with Crippen LogP contribution in [0.4, 0.5) is 0 Å². The number of unbranched alkanes of at least 4 members (excludes halogenated alkanes) is 1. The van der Waals surface area contributed by atoms with E-state index in [1.165, 1.54) is 6.42 Å². The molecule has 2 aromatic rings. The molecule has 4 aliphatic rings. The van der Waals surface area contributed by atoms with Gasteiger partial charge in [-0.1, -0.05) is 57.2 Å². The van der Waals surface area contributed by atoms with Gasteiger partial charge in [0.05, 0.1) is 19.3 Å². The van der Waals surface area contributed by atoms with E-state index in [0.29, 0.717) is 48.4 Å². The molecule has 0 aromatic heterocycles. The first kappa shape index (κ1) is 32.6. The molecular formula is C36H52N4O4. The second kappa shape index (κ2) is 13.7. The lowest BCUT2D eigenvalue weighted by Crippen LogP contribution is -2.62. The lowest BCUT2D eigenvalue weighted by molar-refractivity contribution is -0.161. The van der Waals surface area contributed by atoms with E-state index in [1.807, 2.05) is 42.5 Å². The molecule has 3 aliphatic carbocycles. The van der Waals surface area contributed by atoms with E-state index in [9.17, 15) is 14.7 Å². The summed E-state index contributed by atoms with van der Waals surface area (Å²) >= 11 is 0. The molecule has 1 aliphatic heterocycles. The number of aliphatic hydroxyl groups excluding tert-OH is 1. The number of hydroxylamine groups is 2. The van der Waals surface area contributed by atoms with Crippen molar-refractivity contribution in [1.82, 2.24) is 20.6 Å². The summed E-state index contributed by atoms with van der Waals surface area (Å²) in [6, 6.07) is 15.3. The molecule has 8 nitrogen and oxygen atoms in total. The Morgan fingerprint density at radius 1 is 1.11 bits per heavy atom. The zero-order valence-electron chi connectivity index (χ0n) is 27.4. The van der Waals surface area contributed by atoms with E-state index in [0.717, 1.165) is 42.5 Å². The van der Waals surface area contributed by atoms with Crippen molar-refractivity contribution in [2.45, 2.75) is 78.1 Å². The first-order chi connectivity index (χ1) is 21.0. The normalized spacial score (nSPS) is 28.4. The molecule has 3 saturated carbocycles. The van der Waals surface area contributed by atoms with Crippen LogP contribution in [0.1, 0.15) is 69.3 Å². The van der Waals surface area contributed by atoms with Gasteiger partial charge < -0.3 is 20.6 Å². The topological polar surface area (TPSA) is 94.1 Å². The molecule has 1 heterocycles. The fourth-order valence-corrected chi connectivity index (χ4v) is 7.85. The van der Waals surface area contributed by atoms with E-state index in [1.54, 1.807) is 12.0 Å². The minimum atomic E-state index is -0.675. The van der Waals surface area contributed by atoms with Crippen molar-refractivity contribution in [3.05, 3.63) is 59.7 Å². The highest BCUT2D eigenvalue weighted by Gasteiger charge is 2.57. The van der Waals surface area contributed by atoms with Gasteiger partial charge in [-0.05, 0) is 105 Å². The highest BCUT2D eigenvalue weighted by Crippen LogP contribution is 2.61. The summed E-state index contributed by atoms with van der Waals surface area (Å²) < 4.78 is 0. The lowest BCUT2D eigenvalue weighted by atomic mass is 9.45. The number of aliphatic hydroxyl groups is 1. The predicted molar refractivity (Wildman–Crippen MR) is 174 cm³/mol. The molecule has 0 unspecified atom stereocenters. The van der Waals surface area contributed by atoms with Crippen LogP contribution < -0.4 is 10.6 Å². The van der Waals surface area contributed by atoms with E-state index < -0.39 is 12.1 Å². The van der Waals surface area contributed by atoms with Gasteiger partial charge in [0.15, 0.2) is 0 Å². The number of amides is 2. The highest BCUT2D eigenvalue weighted by molar-refractivity contribution is 6.00. The Balaban J connectivity index is 1.27. The molecule has 7 atom stereocenters. The molecule has 4 fully saturated rings. The Kier molecular flexibility index (Phi) is 10.1. The zero-order valence-corrected chi connectivity index (χ0v) is 27.4. The van der Waals surface area contributed by atoms with E-state index in [2.05, 4.69) is 56.5 Å². The van der Waals surface area contributed by atoms with Crippen molar-refractivity contribution in [1.29, 1.82) is 0 Å². The molecule has 0 radical (unpaired) electrons. The number of benzene rings is 2. The van der Waals surface area contributed by atoms with Gasteiger partial charge in [0.25, 0.3) is 5.91 Å². The maximum Gasteiger partial charge on any atom is 0.251 e. The van der Waals surface area contributed by atoms with E-state index in [4.69, 9.17) is 4.84 Å². The van der Waals surface area contributed by atoms with Gasteiger partial charge in [-0.3, -0.25) is 14.4 Å². The molecular weight excluding hydrogens is 552 g/mol. The molecule has 240 valence electrons. The summed E-state index contributed by atoms with van der Waals surface area (Å²) in [5, 5.41) is 18.8. The smallest absolute Gasteiger partial charge is 0.251 e. The number of rotatable bonds is 12. The van der Waals surface area contributed by atoms with E-state index >= 15 is 0 Å². The fraction of sp³-hybridized carbons (Fsp3) is 0.611. The van der Waals surface area contributed by atoms with Crippen molar-refractivity contribution in [2.24, 2.45) is 29.1 Å². The minimum absolute atomic E-state index is 0.0619. The highest BCUT2D eigenvalue weighted by atomic mass is 16.7. The lowest BCUT2D eigenvalue weighted by Gasteiger charge is -2.62. The zero-order chi connectivity index (χ0) is 31.6. The van der Waals surface area contributed by atoms with Crippen LogP contribution >= 0.6 is 0 Å². The molecule has 2 aromatic carbocycles. The van der Waals surface area contributed by atoms with Gasteiger partial charge in [-0.2, -0.15) is 5.06 Å². The van der Waals surface area contributed by atoms with Crippen molar-refractivity contribution >= 4 is 11.8 Å². The molecule has 44 heavy (non-hydrogen) atoms. The molecule has 2 bridgehead atoms. The molecule has 2 amide bonds. The Hall–Kier alpha value is -2.78. The van der Waals surface area contributed by atoms with Crippen molar-refractivity contribution in [3.8, 4) is 11.1 Å². The SMILES string of the molecule is C[C@@H]1[C@@H](NC(=O)[C@@H]2[C@H]([C@H](C)O)CON2Cc2cccc(-c3ccccc3C(=O)NCCCCN(C)C)c2)C[C@H]2C[C@@H]1C2(C)C. The average Bonchev–Trinajstić information content (AvgIpc) is 3.41. The third-order valence-corrected chi connectivity index (χ3v) is 10.8. The van der Waals surface area contributed by atoms with Crippen LogP contribution in [0.2, 0.25) is 0 Å². The monoisotopic (exact) mass is 604 g/mol. The van der Waals surface area contributed by atoms with Crippen LogP contribution in [-0.2, 0) is 16.2 Å². The maximum absolute atomic E-state index is 13.8. The summed E-state index contributed by atoms with van der Waals surface area (Å²) in [7, 11) is 4.11. The standard InChI is InChI=1S/C36H52N4O4/c1-23-31-19-27(36(31,3)4)20-32(23)38-35(43)33-30(24(2)41)22-44-40(33)21-25-12-11-13-26(18-25)28-14-7-8-15-29(28)34(42)37-16-9-10-17-39(5)6/h7-8,11-15,18,23-24,27,30-33,41H,9-10,16-17,19-22H2,1-6H3,(H,37,42)(H,38,43)/t23-,24-,27+,30-,31-,32-,33-/m0/s1. The fourth-order valence-electron chi connectivity index (χ4n) is 7.85. The van der Waals surface area contributed by atoms with Crippen LogP contribution in [0.5, 0.6) is 0 Å². The van der Waals surface area contributed by atoms with Crippen LogP contribution in [0.15, 0.2) is 48.5 Å².